The third kappa shape index (κ3) is 5.39. The highest BCUT2D eigenvalue weighted by atomic mass is 15.3. The zero-order valence-electron chi connectivity index (χ0n) is 18.3. The summed E-state index contributed by atoms with van der Waals surface area (Å²) in [7, 11) is 2.00. The molecule has 1 saturated carbocycles. The van der Waals surface area contributed by atoms with Gasteiger partial charge in [0.1, 0.15) is 12.4 Å². The summed E-state index contributed by atoms with van der Waals surface area (Å²) in [4.78, 5) is 7.45. The summed E-state index contributed by atoms with van der Waals surface area (Å²) >= 11 is 0. The molecule has 7 heteroatoms. The number of benzene rings is 1. The van der Waals surface area contributed by atoms with Crippen LogP contribution in [0.25, 0.3) is 0 Å². The summed E-state index contributed by atoms with van der Waals surface area (Å²) in [6, 6.07) is 11.9. The summed E-state index contributed by atoms with van der Waals surface area (Å²) in [5, 5.41) is 15.7. The standard InChI is InChI=1S/C23H35N7/c1-18-27-28-22(29(18)2)16-25-23(26-20-11-6-7-12-20)24-15-21-13-8-14-30(21)17-19-9-4-3-5-10-19/h3-5,9-10,20-21H,6-8,11-17H2,1-2H3,(H2,24,25,26). The van der Waals surface area contributed by atoms with Crippen molar-refractivity contribution in [3.63, 3.8) is 0 Å². The van der Waals surface area contributed by atoms with Gasteiger partial charge in [-0.25, -0.2) is 4.99 Å². The summed E-state index contributed by atoms with van der Waals surface area (Å²) in [5.74, 6) is 2.72. The first-order valence-corrected chi connectivity index (χ1v) is 11.4. The topological polar surface area (TPSA) is 70.4 Å². The van der Waals surface area contributed by atoms with Crippen molar-refractivity contribution in [2.75, 3.05) is 13.1 Å². The number of aliphatic imine (C=N–C) groups is 1. The molecule has 0 bridgehead atoms. The van der Waals surface area contributed by atoms with Crippen LogP contribution in [-0.4, -0.2) is 50.8 Å². The minimum absolute atomic E-state index is 0.529. The van der Waals surface area contributed by atoms with Gasteiger partial charge < -0.3 is 15.2 Å². The van der Waals surface area contributed by atoms with E-state index in [-0.39, 0.29) is 0 Å². The second-order valence-electron chi connectivity index (χ2n) is 8.65. The van der Waals surface area contributed by atoms with Crippen molar-refractivity contribution < 1.29 is 0 Å². The van der Waals surface area contributed by atoms with Crippen molar-refractivity contribution in [3.05, 3.63) is 47.5 Å². The monoisotopic (exact) mass is 409 g/mol. The Kier molecular flexibility index (Phi) is 7.00. The average Bonchev–Trinajstić information content (AvgIpc) is 3.49. The number of aromatic nitrogens is 3. The maximum absolute atomic E-state index is 4.85. The lowest BCUT2D eigenvalue weighted by Crippen LogP contribution is -2.47. The molecule has 1 aliphatic heterocycles. The molecule has 0 amide bonds. The van der Waals surface area contributed by atoms with Gasteiger partial charge in [0, 0.05) is 32.2 Å². The van der Waals surface area contributed by atoms with E-state index < -0.39 is 0 Å². The molecule has 1 aromatic carbocycles. The van der Waals surface area contributed by atoms with Gasteiger partial charge in [-0.2, -0.15) is 0 Å². The van der Waals surface area contributed by atoms with Crippen molar-refractivity contribution >= 4 is 5.96 Å². The number of aryl methyl sites for hydroxylation is 1. The Morgan fingerprint density at radius 2 is 1.90 bits per heavy atom. The first kappa shape index (κ1) is 20.8. The highest BCUT2D eigenvalue weighted by molar-refractivity contribution is 5.80. The van der Waals surface area contributed by atoms with Crippen molar-refractivity contribution in [1.82, 2.24) is 30.3 Å². The van der Waals surface area contributed by atoms with Crippen LogP contribution in [-0.2, 0) is 20.1 Å². The smallest absolute Gasteiger partial charge is 0.191 e. The summed E-state index contributed by atoms with van der Waals surface area (Å²) < 4.78 is 2.01. The Labute approximate surface area is 180 Å². The number of rotatable bonds is 7. The molecule has 2 aromatic rings. The highest BCUT2D eigenvalue weighted by Crippen LogP contribution is 2.20. The van der Waals surface area contributed by atoms with Gasteiger partial charge in [-0.3, -0.25) is 4.90 Å². The molecule has 7 nitrogen and oxygen atoms in total. The van der Waals surface area contributed by atoms with Crippen molar-refractivity contribution in [3.8, 4) is 0 Å². The molecule has 162 valence electrons. The Morgan fingerprint density at radius 3 is 2.63 bits per heavy atom. The van der Waals surface area contributed by atoms with Gasteiger partial charge in [-0.15, -0.1) is 10.2 Å². The fourth-order valence-corrected chi connectivity index (χ4v) is 4.52. The molecule has 0 radical (unpaired) electrons. The molecule has 1 unspecified atom stereocenters. The summed E-state index contributed by atoms with van der Waals surface area (Å²) in [6.45, 7) is 5.62. The molecule has 1 saturated heterocycles. The van der Waals surface area contributed by atoms with Crippen molar-refractivity contribution in [2.24, 2.45) is 12.0 Å². The Bertz CT molecular complexity index is 823. The van der Waals surface area contributed by atoms with Crippen LogP contribution < -0.4 is 10.6 Å². The number of likely N-dealkylation sites (tertiary alicyclic amines) is 1. The SMILES string of the molecule is Cc1nnc(CN=C(NCC2CCCN2Cc2ccccc2)NC2CCCC2)n1C. The highest BCUT2D eigenvalue weighted by Gasteiger charge is 2.25. The third-order valence-electron chi connectivity index (χ3n) is 6.49. The van der Waals surface area contributed by atoms with Gasteiger partial charge in [0.25, 0.3) is 0 Å². The van der Waals surface area contributed by atoms with Crippen LogP contribution in [0.15, 0.2) is 35.3 Å². The zero-order chi connectivity index (χ0) is 20.8. The van der Waals surface area contributed by atoms with Gasteiger partial charge >= 0.3 is 0 Å². The molecule has 2 heterocycles. The van der Waals surface area contributed by atoms with Gasteiger partial charge in [-0.1, -0.05) is 43.2 Å². The fourth-order valence-electron chi connectivity index (χ4n) is 4.52. The van der Waals surface area contributed by atoms with Crippen LogP contribution in [0.3, 0.4) is 0 Å². The number of hydrogen-bond acceptors (Lipinski definition) is 4. The van der Waals surface area contributed by atoms with Gasteiger partial charge in [0.05, 0.1) is 0 Å². The maximum atomic E-state index is 4.85. The molecule has 1 atom stereocenters. The average molecular weight is 410 g/mol. The van der Waals surface area contributed by atoms with Crippen molar-refractivity contribution in [2.45, 2.75) is 70.6 Å². The Balaban J connectivity index is 1.37. The van der Waals surface area contributed by atoms with Gasteiger partial charge in [0.2, 0.25) is 0 Å². The van der Waals surface area contributed by atoms with Crippen LogP contribution in [0.2, 0.25) is 0 Å². The largest absolute Gasteiger partial charge is 0.355 e. The van der Waals surface area contributed by atoms with E-state index in [1.807, 2.05) is 18.5 Å². The van der Waals surface area contributed by atoms with E-state index in [9.17, 15) is 0 Å². The normalized spacial score (nSPS) is 20.7. The summed E-state index contributed by atoms with van der Waals surface area (Å²) in [6.07, 6.45) is 7.57. The molecule has 1 aromatic heterocycles. The van der Waals surface area contributed by atoms with Gasteiger partial charge in [-0.05, 0) is 44.7 Å². The zero-order valence-corrected chi connectivity index (χ0v) is 18.3. The predicted molar refractivity (Wildman–Crippen MR) is 120 cm³/mol. The third-order valence-corrected chi connectivity index (χ3v) is 6.49. The minimum Gasteiger partial charge on any atom is -0.355 e. The van der Waals surface area contributed by atoms with E-state index in [0.29, 0.717) is 18.6 Å². The minimum atomic E-state index is 0.529. The molecule has 4 rings (SSSR count). The van der Waals surface area contributed by atoms with E-state index in [0.717, 1.165) is 30.7 Å². The van der Waals surface area contributed by atoms with Crippen LogP contribution in [0.5, 0.6) is 0 Å². The van der Waals surface area contributed by atoms with Gasteiger partial charge in [0.15, 0.2) is 11.8 Å². The fraction of sp³-hybridized carbons (Fsp3) is 0.609. The molecule has 1 aliphatic carbocycles. The molecule has 30 heavy (non-hydrogen) atoms. The van der Waals surface area contributed by atoms with E-state index >= 15 is 0 Å². The molecular formula is C23H35N7. The second kappa shape index (κ2) is 10.1. The Hall–Kier alpha value is -2.41. The van der Waals surface area contributed by atoms with E-state index in [1.54, 1.807) is 0 Å². The summed E-state index contributed by atoms with van der Waals surface area (Å²) in [5.41, 5.74) is 1.39. The predicted octanol–water partition coefficient (Wildman–Crippen LogP) is 2.77. The van der Waals surface area contributed by atoms with Crippen LogP contribution in [0, 0.1) is 6.92 Å². The lowest BCUT2D eigenvalue weighted by Gasteiger charge is -2.26. The first-order chi connectivity index (χ1) is 14.7. The lowest BCUT2D eigenvalue weighted by molar-refractivity contribution is 0.245. The van der Waals surface area contributed by atoms with E-state index in [4.69, 9.17) is 4.99 Å². The number of nitrogens with zero attached hydrogens (tertiary/aromatic N) is 5. The molecule has 2 aliphatic rings. The van der Waals surface area contributed by atoms with E-state index in [1.165, 1.54) is 50.6 Å². The quantitative estimate of drug-likeness (QED) is 0.544. The van der Waals surface area contributed by atoms with Crippen molar-refractivity contribution in [1.29, 1.82) is 0 Å². The number of guanidine groups is 1. The molecule has 2 N–H and O–H groups in total. The van der Waals surface area contributed by atoms with Crippen LogP contribution in [0.1, 0.15) is 55.7 Å². The molecule has 0 spiro atoms. The van der Waals surface area contributed by atoms with E-state index in [2.05, 4.69) is 56.1 Å². The first-order valence-electron chi connectivity index (χ1n) is 11.4. The lowest BCUT2D eigenvalue weighted by atomic mass is 10.2. The molecule has 2 fully saturated rings. The van der Waals surface area contributed by atoms with Crippen LogP contribution >= 0.6 is 0 Å². The van der Waals surface area contributed by atoms with Crippen LogP contribution in [0.4, 0.5) is 0 Å². The Morgan fingerprint density at radius 1 is 1.10 bits per heavy atom. The molecular weight excluding hydrogens is 374 g/mol. The second-order valence-corrected chi connectivity index (χ2v) is 8.65. The maximum Gasteiger partial charge on any atom is 0.191 e. The number of nitrogens with one attached hydrogen (secondary N) is 2. The number of hydrogen-bond donors (Lipinski definition) is 2.